The fourth-order valence-electron chi connectivity index (χ4n) is 2.86. The fourth-order valence-corrected chi connectivity index (χ4v) is 2.86. The minimum atomic E-state index is 0.503. The van der Waals surface area contributed by atoms with Crippen molar-refractivity contribution in [2.24, 2.45) is 0 Å². The maximum atomic E-state index is 5.84. The molecule has 0 radical (unpaired) electrons. The molecule has 0 spiro atoms. The normalized spacial score (nSPS) is 17.7. The molecular formula is C15H22N4O. The van der Waals surface area contributed by atoms with Gasteiger partial charge < -0.3 is 20.0 Å². The quantitative estimate of drug-likeness (QED) is 0.871. The minimum absolute atomic E-state index is 0.503. The monoisotopic (exact) mass is 274 g/mol. The topological polar surface area (TPSA) is 58.5 Å². The number of hydrogen-bond donors (Lipinski definition) is 1. The highest BCUT2D eigenvalue weighted by Crippen LogP contribution is 2.26. The molecule has 1 aliphatic rings. The summed E-state index contributed by atoms with van der Waals surface area (Å²) >= 11 is 0. The van der Waals surface area contributed by atoms with Crippen molar-refractivity contribution in [3.63, 3.8) is 0 Å². The van der Waals surface area contributed by atoms with E-state index in [4.69, 9.17) is 10.2 Å². The van der Waals surface area contributed by atoms with Crippen LogP contribution in [-0.2, 0) is 0 Å². The summed E-state index contributed by atoms with van der Waals surface area (Å²) in [6.45, 7) is 5.66. The number of nitrogens with two attached hydrogens (primary N) is 1. The Morgan fingerprint density at radius 2 is 2.15 bits per heavy atom. The van der Waals surface area contributed by atoms with E-state index in [-0.39, 0.29) is 0 Å². The minimum Gasteiger partial charge on any atom is -0.423 e. The van der Waals surface area contributed by atoms with Gasteiger partial charge >= 0.3 is 0 Å². The summed E-state index contributed by atoms with van der Waals surface area (Å²) in [5, 5.41) is 0. The fraction of sp³-hybridized carbons (Fsp3) is 0.533. The highest BCUT2D eigenvalue weighted by molar-refractivity contribution is 5.78. The van der Waals surface area contributed by atoms with E-state index in [2.05, 4.69) is 28.8 Å². The van der Waals surface area contributed by atoms with Gasteiger partial charge in [-0.05, 0) is 31.5 Å². The van der Waals surface area contributed by atoms with E-state index in [1.165, 1.54) is 0 Å². The van der Waals surface area contributed by atoms with Gasteiger partial charge in [0.15, 0.2) is 5.58 Å². The molecule has 1 fully saturated rings. The summed E-state index contributed by atoms with van der Waals surface area (Å²) in [4.78, 5) is 9.21. The first-order valence-corrected chi connectivity index (χ1v) is 7.28. The number of nitrogen functional groups attached to an aromatic ring is 1. The number of rotatable bonds is 3. The van der Waals surface area contributed by atoms with Crippen LogP contribution in [-0.4, -0.2) is 42.6 Å². The molecule has 2 aromatic rings. The van der Waals surface area contributed by atoms with Gasteiger partial charge in [-0.15, -0.1) is 0 Å². The summed E-state index contributed by atoms with van der Waals surface area (Å²) in [6, 6.07) is 6.79. The smallest absolute Gasteiger partial charge is 0.298 e. The number of nitrogens with zero attached hydrogens (tertiary/aromatic N) is 3. The molecule has 1 aromatic carbocycles. The third-order valence-corrected chi connectivity index (χ3v) is 4.25. The van der Waals surface area contributed by atoms with E-state index in [1.54, 1.807) is 0 Å². The molecule has 5 nitrogen and oxygen atoms in total. The van der Waals surface area contributed by atoms with Crippen molar-refractivity contribution in [1.82, 2.24) is 9.88 Å². The van der Waals surface area contributed by atoms with E-state index >= 15 is 0 Å². The molecule has 2 heterocycles. The summed E-state index contributed by atoms with van der Waals surface area (Å²) < 4.78 is 5.84. The molecule has 1 aliphatic heterocycles. The van der Waals surface area contributed by atoms with Crippen LogP contribution in [0, 0.1) is 0 Å². The average Bonchev–Trinajstić information content (AvgIpc) is 2.89. The Balaban J connectivity index is 1.77. The van der Waals surface area contributed by atoms with Crippen LogP contribution in [0.4, 0.5) is 11.7 Å². The number of hydrogen-bond acceptors (Lipinski definition) is 5. The average molecular weight is 274 g/mol. The molecule has 5 heteroatoms. The lowest BCUT2D eigenvalue weighted by Crippen LogP contribution is -2.43. The number of likely N-dealkylation sites (tertiary alicyclic amines) is 1. The van der Waals surface area contributed by atoms with Crippen LogP contribution in [0.3, 0.4) is 0 Å². The Kier molecular flexibility index (Phi) is 3.53. The summed E-state index contributed by atoms with van der Waals surface area (Å²) in [6.07, 6.45) is 2.32. The maximum Gasteiger partial charge on any atom is 0.298 e. The van der Waals surface area contributed by atoms with Crippen LogP contribution >= 0.6 is 0 Å². The third kappa shape index (κ3) is 2.45. The largest absolute Gasteiger partial charge is 0.423 e. The molecule has 0 unspecified atom stereocenters. The van der Waals surface area contributed by atoms with Crippen LogP contribution < -0.4 is 10.6 Å². The first-order chi connectivity index (χ1) is 9.67. The molecule has 0 bridgehead atoms. The van der Waals surface area contributed by atoms with Crippen LogP contribution in [0.1, 0.15) is 19.8 Å². The van der Waals surface area contributed by atoms with Crippen LogP contribution in [0.25, 0.3) is 11.1 Å². The van der Waals surface area contributed by atoms with Gasteiger partial charge in [0.1, 0.15) is 5.52 Å². The molecule has 0 atom stereocenters. The zero-order valence-electron chi connectivity index (χ0n) is 12.2. The van der Waals surface area contributed by atoms with Crippen LogP contribution in [0.5, 0.6) is 0 Å². The molecular weight excluding hydrogens is 252 g/mol. The molecule has 0 aliphatic carbocycles. The first kappa shape index (κ1) is 13.2. The van der Waals surface area contributed by atoms with Crippen molar-refractivity contribution in [2.75, 3.05) is 37.3 Å². The van der Waals surface area contributed by atoms with Crippen LogP contribution in [0.15, 0.2) is 22.6 Å². The summed E-state index contributed by atoms with van der Waals surface area (Å²) in [5.41, 5.74) is 8.11. The van der Waals surface area contributed by atoms with Gasteiger partial charge in [-0.25, -0.2) is 0 Å². The van der Waals surface area contributed by atoms with Gasteiger partial charge in [0.2, 0.25) is 0 Å². The van der Waals surface area contributed by atoms with Gasteiger partial charge in [0, 0.05) is 37.9 Å². The Morgan fingerprint density at radius 3 is 2.85 bits per heavy atom. The molecule has 1 saturated heterocycles. The molecule has 0 saturated carbocycles. The molecule has 2 N–H and O–H groups in total. The molecule has 1 aromatic heterocycles. The second-order valence-electron chi connectivity index (χ2n) is 5.50. The van der Waals surface area contributed by atoms with Gasteiger partial charge in [-0.2, -0.15) is 4.98 Å². The zero-order chi connectivity index (χ0) is 14.1. The lowest BCUT2D eigenvalue weighted by atomic mass is 10.0. The van der Waals surface area contributed by atoms with E-state index < -0.39 is 0 Å². The predicted molar refractivity (Wildman–Crippen MR) is 82.0 cm³/mol. The van der Waals surface area contributed by atoms with Crippen LogP contribution in [0.2, 0.25) is 0 Å². The first-order valence-electron chi connectivity index (χ1n) is 7.28. The third-order valence-electron chi connectivity index (χ3n) is 4.25. The number of aromatic nitrogens is 1. The van der Waals surface area contributed by atoms with E-state index in [9.17, 15) is 0 Å². The number of fused-ring (bicyclic) bond motifs is 1. The van der Waals surface area contributed by atoms with Crippen molar-refractivity contribution >= 4 is 22.8 Å². The van der Waals surface area contributed by atoms with Crippen molar-refractivity contribution in [2.45, 2.75) is 25.8 Å². The summed E-state index contributed by atoms with van der Waals surface area (Å²) in [5.74, 6) is 0. The van der Waals surface area contributed by atoms with Gasteiger partial charge in [0.25, 0.3) is 6.01 Å². The lowest BCUT2D eigenvalue weighted by Gasteiger charge is -2.35. The number of anilines is 2. The standard InChI is InChI=1S/C15H22N4O/c1-3-19-8-6-12(7-9-19)18(2)15-17-13-5-4-11(16)10-14(13)20-15/h4-5,10,12H,3,6-9,16H2,1-2H3. The number of piperidine rings is 1. The van der Waals surface area contributed by atoms with Crippen molar-refractivity contribution in [3.8, 4) is 0 Å². The second-order valence-corrected chi connectivity index (χ2v) is 5.50. The second kappa shape index (κ2) is 5.32. The van der Waals surface area contributed by atoms with Crippen molar-refractivity contribution in [1.29, 1.82) is 0 Å². The number of benzene rings is 1. The lowest BCUT2D eigenvalue weighted by molar-refractivity contribution is 0.218. The number of oxazole rings is 1. The Hall–Kier alpha value is -1.75. The molecule has 3 rings (SSSR count). The summed E-state index contributed by atoms with van der Waals surface area (Å²) in [7, 11) is 2.07. The van der Waals surface area contributed by atoms with Gasteiger partial charge in [-0.3, -0.25) is 0 Å². The SMILES string of the molecule is CCN1CCC(N(C)c2nc3ccc(N)cc3o2)CC1. The predicted octanol–water partition coefficient (Wildman–Crippen LogP) is 2.33. The Labute approximate surface area is 119 Å². The Bertz CT molecular complexity index is 587. The highest BCUT2D eigenvalue weighted by atomic mass is 16.4. The van der Waals surface area contributed by atoms with Crippen molar-refractivity contribution < 1.29 is 4.42 Å². The Morgan fingerprint density at radius 1 is 1.40 bits per heavy atom. The van der Waals surface area contributed by atoms with E-state index in [1.807, 2.05) is 18.2 Å². The zero-order valence-corrected chi connectivity index (χ0v) is 12.2. The van der Waals surface area contributed by atoms with E-state index in [0.29, 0.717) is 17.7 Å². The maximum absolute atomic E-state index is 5.84. The molecule has 0 amide bonds. The molecule has 20 heavy (non-hydrogen) atoms. The van der Waals surface area contributed by atoms with Gasteiger partial charge in [0.05, 0.1) is 0 Å². The van der Waals surface area contributed by atoms with E-state index in [0.717, 1.165) is 43.6 Å². The van der Waals surface area contributed by atoms with Crippen molar-refractivity contribution in [3.05, 3.63) is 18.2 Å². The van der Waals surface area contributed by atoms with Gasteiger partial charge in [-0.1, -0.05) is 6.92 Å². The molecule has 108 valence electrons. The highest BCUT2D eigenvalue weighted by Gasteiger charge is 2.24.